The molecule has 6 nitrogen and oxygen atoms in total. The van der Waals surface area contributed by atoms with E-state index in [0.29, 0.717) is 5.95 Å². The van der Waals surface area contributed by atoms with E-state index < -0.39 is 0 Å². The zero-order valence-corrected chi connectivity index (χ0v) is 11.3. The third-order valence-electron chi connectivity index (χ3n) is 3.32. The van der Waals surface area contributed by atoms with Crippen LogP contribution in [0.25, 0.3) is 0 Å². The molecule has 0 radical (unpaired) electrons. The highest BCUT2D eigenvalue weighted by Gasteiger charge is 2.20. The second-order valence-electron chi connectivity index (χ2n) is 4.69. The van der Waals surface area contributed by atoms with E-state index in [1.165, 1.54) is 5.56 Å². The van der Waals surface area contributed by atoms with Crippen molar-refractivity contribution < 1.29 is 0 Å². The van der Waals surface area contributed by atoms with E-state index in [1.807, 2.05) is 6.07 Å². The number of anilines is 1. The summed E-state index contributed by atoms with van der Waals surface area (Å²) in [6.07, 6.45) is 3.09. The smallest absolute Gasteiger partial charge is 0.243 e. The second-order valence-corrected chi connectivity index (χ2v) is 4.69. The molecule has 1 aromatic heterocycles. The average Bonchev–Trinajstić information content (AvgIpc) is 2.55. The van der Waals surface area contributed by atoms with Crippen LogP contribution in [0.15, 0.2) is 43.0 Å². The van der Waals surface area contributed by atoms with E-state index in [4.69, 9.17) is 0 Å². The molecule has 1 N–H and O–H groups in total. The van der Waals surface area contributed by atoms with Crippen molar-refractivity contribution in [3.8, 4) is 0 Å². The zero-order chi connectivity index (χ0) is 13.6. The lowest BCUT2D eigenvalue weighted by Gasteiger charge is -2.37. The third kappa shape index (κ3) is 3.09. The van der Waals surface area contributed by atoms with E-state index in [1.54, 1.807) is 12.7 Å². The Morgan fingerprint density at radius 3 is 2.45 bits per heavy atom. The standard InChI is InChI=1S/C14H18N6/c1-2-4-13(5-3-1)10-20(14-17-11-16-12-18-14)19-8-6-15-7-9-19/h1-5,11-12,15H,6-10H2. The van der Waals surface area contributed by atoms with Crippen molar-refractivity contribution in [2.75, 3.05) is 31.2 Å². The van der Waals surface area contributed by atoms with Crippen LogP contribution < -0.4 is 10.3 Å². The fraction of sp³-hybridized carbons (Fsp3) is 0.357. The minimum Gasteiger partial charge on any atom is -0.314 e. The van der Waals surface area contributed by atoms with E-state index in [9.17, 15) is 0 Å². The molecule has 1 fully saturated rings. The van der Waals surface area contributed by atoms with Crippen molar-refractivity contribution >= 4 is 5.95 Å². The molecule has 0 saturated carbocycles. The molecule has 1 saturated heterocycles. The van der Waals surface area contributed by atoms with Gasteiger partial charge in [0.1, 0.15) is 12.7 Å². The lowest BCUT2D eigenvalue weighted by molar-refractivity contribution is 0.212. The van der Waals surface area contributed by atoms with Gasteiger partial charge in [0.15, 0.2) is 0 Å². The Hall–Kier alpha value is -2.05. The van der Waals surface area contributed by atoms with Gasteiger partial charge in [-0.05, 0) is 5.56 Å². The Kier molecular flexibility index (Phi) is 4.15. The van der Waals surface area contributed by atoms with E-state index >= 15 is 0 Å². The first-order valence-electron chi connectivity index (χ1n) is 6.82. The Balaban J connectivity index is 1.83. The summed E-state index contributed by atoms with van der Waals surface area (Å²) in [5.74, 6) is 0.700. The Bertz CT molecular complexity index is 512. The third-order valence-corrected chi connectivity index (χ3v) is 3.32. The van der Waals surface area contributed by atoms with Crippen LogP contribution in [0.3, 0.4) is 0 Å². The minimum atomic E-state index is 0.700. The number of benzene rings is 1. The van der Waals surface area contributed by atoms with Gasteiger partial charge in [0.2, 0.25) is 5.95 Å². The first-order chi connectivity index (χ1) is 9.93. The largest absolute Gasteiger partial charge is 0.314 e. The maximum absolute atomic E-state index is 4.29. The van der Waals surface area contributed by atoms with Crippen molar-refractivity contribution in [3.05, 3.63) is 48.5 Å². The molecule has 0 atom stereocenters. The summed E-state index contributed by atoms with van der Waals surface area (Å²) in [6.45, 7) is 4.65. The molecular weight excluding hydrogens is 252 g/mol. The quantitative estimate of drug-likeness (QED) is 0.882. The van der Waals surface area contributed by atoms with Crippen LogP contribution in [0.1, 0.15) is 5.56 Å². The molecule has 3 rings (SSSR count). The molecule has 0 spiro atoms. The maximum Gasteiger partial charge on any atom is 0.243 e. The Morgan fingerprint density at radius 1 is 1.05 bits per heavy atom. The van der Waals surface area contributed by atoms with Gasteiger partial charge in [-0.2, -0.15) is 0 Å². The van der Waals surface area contributed by atoms with Crippen LogP contribution in [0.5, 0.6) is 0 Å². The Labute approximate surface area is 118 Å². The van der Waals surface area contributed by atoms with Gasteiger partial charge >= 0.3 is 0 Å². The molecule has 0 unspecified atom stereocenters. The fourth-order valence-corrected chi connectivity index (χ4v) is 2.31. The van der Waals surface area contributed by atoms with Crippen molar-refractivity contribution in [1.82, 2.24) is 25.3 Å². The summed E-state index contributed by atoms with van der Waals surface area (Å²) in [4.78, 5) is 12.5. The van der Waals surface area contributed by atoms with Gasteiger partial charge in [-0.3, -0.25) is 5.01 Å². The van der Waals surface area contributed by atoms with E-state index in [2.05, 4.69) is 54.6 Å². The van der Waals surface area contributed by atoms with Crippen molar-refractivity contribution in [2.45, 2.75) is 6.54 Å². The first-order valence-corrected chi connectivity index (χ1v) is 6.82. The second kappa shape index (κ2) is 6.40. The fourth-order valence-electron chi connectivity index (χ4n) is 2.31. The van der Waals surface area contributed by atoms with Crippen LogP contribution >= 0.6 is 0 Å². The SMILES string of the molecule is c1ccc(CN(c2ncncn2)N2CCNCC2)cc1. The number of piperazine rings is 1. The average molecular weight is 270 g/mol. The minimum absolute atomic E-state index is 0.700. The molecule has 6 heteroatoms. The highest BCUT2D eigenvalue weighted by Crippen LogP contribution is 2.14. The Morgan fingerprint density at radius 2 is 1.75 bits per heavy atom. The zero-order valence-electron chi connectivity index (χ0n) is 11.3. The molecule has 1 aliphatic rings. The summed E-state index contributed by atoms with van der Waals surface area (Å²) >= 11 is 0. The monoisotopic (exact) mass is 270 g/mol. The topological polar surface area (TPSA) is 57.2 Å². The maximum atomic E-state index is 4.29. The molecule has 1 aromatic carbocycles. The predicted molar refractivity (Wildman–Crippen MR) is 76.9 cm³/mol. The molecule has 2 aromatic rings. The number of aromatic nitrogens is 3. The molecule has 0 bridgehead atoms. The summed E-state index contributed by atoms with van der Waals surface area (Å²) < 4.78 is 0. The number of nitrogens with zero attached hydrogens (tertiary/aromatic N) is 5. The number of hydrogen-bond acceptors (Lipinski definition) is 6. The van der Waals surface area contributed by atoms with Crippen molar-refractivity contribution in [1.29, 1.82) is 0 Å². The molecular formula is C14H18N6. The summed E-state index contributed by atoms with van der Waals surface area (Å²) in [6, 6.07) is 10.4. The lowest BCUT2D eigenvalue weighted by Crippen LogP contribution is -2.52. The van der Waals surface area contributed by atoms with Crippen LogP contribution in [0.2, 0.25) is 0 Å². The molecule has 20 heavy (non-hydrogen) atoms. The van der Waals surface area contributed by atoms with E-state index in [-0.39, 0.29) is 0 Å². The van der Waals surface area contributed by atoms with Gasteiger partial charge in [-0.1, -0.05) is 30.3 Å². The van der Waals surface area contributed by atoms with Crippen LogP contribution in [-0.2, 0) is 6.54 Å². The van der Waals surface area contributed by atoms with Gasteiger partial charge in [0.05, 0.1) is 6.54 Å². The molecule has 0 amide bonds. The number of nitrogens with one attached hydrogen (secondary N) is 1. The van der Waals surface area contributed by atoms with Crippen molar-refractivity contribution in [3.63, 3.8) is 0 Å². The molecule has 0 aliphatic carbocycles. The van der Waals surface area contributed by atoms with Crippen LogP contribution in [0, 0.1) is 0 Å². The number of rotatable bonds is 4. The highest BCUT2D eigenvalue weighted by atomic mass is 15.7. The van der Waals surface area contributed by atoms with Gasteiger partial charge in [-0.25, -0.2) is 20.0 Å². The van der Waals surface area contributed by atoms with E-state index in [0.717, 1.165) is 32.7 Å². The van der Waals surface area contributed by atoms with Crippen molar-refractivity contribution in [2.24, 2.45) is 0 Å². The number of hydrazine groups is 1. The first kappa shape index (κ1) is 13.0. The van der Waals surface area contributed by atoms with Crippen LogP contribution in [0.4, 0.5) is 5.95 Å². The lowest BCUT2D eigenvalue weighted by atomic mass is 10.2. The van der Waals surface area contributed by atoms with Gasteiger partial charge in [0, 0.05) is 26.2 Å². The van der Waals surface area contributed by atoms with Crippen LogP contribution in [-0.4, -0.2) is 46.1 Å². The molecule has 1 aliphatic heterocycles. The predicted octanol–water partition coefficient (Wildman–Crippen LogP) is 0.698. The van der Waals surface area contributed by atoms with Gasteiger partial charge in [0.25, 0.3) is 0 Å². The normalized spacial score (nSPS) is 16.0. The summed E-state index contributed by atoms with van der Waals surface area (Å²) in [5.41, 5.74) is 1.24. The number of hydrogen-bond donors (Lipinski definition) is 1. The van der Waals surface area contributed by atoms with Gasteiger partial charge < -0.3 is 5.32 Å². The van der Waals surface area contributed by atoms with Gasteiger partial charge in [-0.15, -0.1) is 0 Å². The summed E-state index contributed by atoms with van der Waals surface area (Å²) in [7, 11) is 0. The molecule has 104 valence electrons. The highest BCUT2D eigenvalue weighted by molar-refractivity contribution is 5.29. The molecule has 2 heterocycles. The summed E-state index contributed by atoms with van der Waals surface area (Å²) in [5, 5.41) is 7.79.